The molecule has 1 heterocycles. The lowest BCUT2D eigenvalue weighted by Crippen LogP contribution is -2.18. The molecule has 23 heavy (non-hydrogen) atoms. The summed E-state index contributed by atoms with van der Waals surface area (Å²) in [5.41, 5.74) is 1.84. The number of nitrogens with one attached hydrogen (secondary N) is 1. The summed E-state index contributed by atoms with van der Waals surface area (Å²) in [7, 11) is 0. The lowest BCUT2D eigenvalue weighted by Gasteiger charge is -2.11. The van der Waals surface area contributed by atoms with Gasteiger partial charge < -0.3 is 10.4 Å². The molecular formula is C17H19NO3S2. The maximum Gasteiger partial charge on any atom is 0.304 e. The molecule has 6 heteroatoms. The molecule has 122 valence electrons. The van der Waals surface area contributed by atoms with E-state index in [0.29, 0.717) is 5.75 Å². The summed E-state index contributed by atoms with van der Waals surface area (Å²) in [6.45, 7) is 1.90. The number of thiophene rings is 1. The second-order valence-electron chi connectivity index (χ2n) is 5.12. The predicted octanol–water partition coefficient (Wildman–Crippen LogP) is 4.20. The first kappa shape index (κ1) is 17.6. The molecule has 0 aliphatic heterocycles. The van der Waals surface area contributed by atoms with Gasteiger partial charge in [0, 0.05) is 22.1 Å². The van der Waals surface area contributed by atoms with E-state index in [2.05, 4.69) is 5.32 Å². The number of aliphatic carboxylic acids is 1. The monoisotopic (exact) mass is 349 g/mol. The molecule has 2 aromatic rings. The molecule has 1 aromatic heterocycles. The fourth-order valence-corrected chi connectivity index (χ4v) is 3.67. The van der Waals surface area contributed by atoms with Crippen molar-refractivity contribution < 1.29 is 14.7 Å². The molecule has 0 saturated heterocycles. The fraction of sp³-hybridized carbons (Fsp3) is 0.294. The Hall–Kier alpha value is -1.79. The average Bonchev–Trinajstić information content (AvgIpc) is 3.05. The Morgan fingerprint density at radius 2 is 2.13 bits per heavy atom. The molecule has 1 unspecified atom stereocenters. The summed E-state index contributed by atoms with van der Waals surface area (Å²) >= 11 is 3.15. The van der Waals surface area contributed by atoms with Gasteiger partial charge in [0.05, 0.1) is 12.3 Å². The molecule has 2 N–H and O–H groups in total. The van der Waals surface area contributed by atoms with E-state index >= 15 is 0 Å². The number of carbonyl (C=O) groups is 2. The highest BCUT2D eigenvalue weighted by atomic mass is 32.2. The predicted molar refractivity (Wildman–Crippen MR) is 96.2 cm³/mol. The van der Waals surface area contributed by atoms with Crippen LogP contribution in [0.1, 0.15) is 29.7 Å². The van der Waals surface area contributed by atoms with E-state index in [1.165, 1.54) is 0 Å². The Morgan fingerprint density at radius 1 is 1.30 bits per heavy atom. The van der Waals surface area contributed by atoms with Gasteiger partial charge in [0.15, 0.2) is 0 Å². The van der Waals surface area contributed by atoms with Crippen molar-refractivity contribution in [3.05, 3.63) is 52.2 Å². The minimum Gasteiger partial charge on any atom is -0.481 e. The van der Waals surface area contributed by atoms with Crippen molar-refractivity contribution in [3.63, 3.8) is 0 Å². The smallest absolute Gasteiger partial charge is 0.304 e. The van der Waals surface area contributed by atoms with E-state index in [9.17, 15) is 9.59 Å². The van der Waals surface area contributed by atoms with Crippen molar-refractivity contribution in [1.29, 1.82) is 0 Å². The molecule has 0 bridgehead atoms. The molecule has 0 aliphatic carbocycles. The van der Waals surface area contributed by atoms with Crippen LogP contribution in [-0.4, -0.2) is 22.7 Å². The van der Waals surface area contributed by atoms with E-state index in [1.807, 2.05) is 48.7 Å². The Bertz CT molecular complexity index is 656. The fourth-order valence-electron chi connectivity index (χ4n) is 2.01. The van der Waals surface area contributed by atoms with Gasteiger partial charge in [0.25, 0.3) is 0 Å². The Morgan fingerprint density at radius 3 is 2.83 bits per heavy atom. The van der Waals surface area contributed by atoms with Crippen LogP contribution in [0, 0.1) is 0 Å². The van der Waals surface area contributed by atoms with E-state index < -0.39 is 5.97 Å². The largest absolute Gasteiger partial charge is 0.481 e. The average molecular weight is 349 g/mol. The van der Waals surface area contributed by atoms with Crippen LogP contribution in [0.3, 0.4) is 0 Å². The first-order valence-corrected chi connectivity index (χ1v) is 9.32. The number of carbonyl (C=O) groups excluding carboxylic acids is 1. The number of benzene rings is 1. The number of hydrogen-bond acceptors (Lipinski definition) is 4. The highest BCUT2D eigenvalue weighted by Gasteiger charge is 2.16. The Kier molecular flexibility index (Phi) is 6.67. The maximum atomic E-state index is 12.3. The molecule has 0 fully saturated rings. The second kappa shape index (κ2) is 8.74. The van der Waals surface area contributed by atoms with Gasteiger partial charge in [-0.05, 0) is 36.1 Å². The van der Waals surface area contributed by atoms with Gasteiger partial charge in [-0.3, -0.25) is 9.59 Å². The number of anilines is 1. The molecule has 2 rings (SSSR count). The molecule has 1 aromatic carbocycles. The topological polar surface area (TPSA) is 66.4 Å². The van der Waals surface area contributed by atoms with Crippen molar-refractivity contribution in [2.45, 2.75) is 25.0 Å². The molecule has 0 spiro atoms. The highest BCUT2D eigenvalue weighted by molar-refractivity contribution is 7.98. The lowest BCUT2D eigenvalue weighted by atomic mass is 10.1. The van der Waals surface area contributed by atoms with Crippen molar-refractivity contribution in [1.82, 2.24) is 0 Å². The van der Waals surface area contributed by atoms with Crippen LogP contribution in [0.5, 0.6) is 0 Å². The van der Waals surface area contributed by atoms with Gasteiger partial charge in [-0.2, -0.15) is 11.8 Å². The van der Waals surface area contributed by atoms with E-state index in [1.54, 1.807) is 23.1 Å². The summed E-state index contributed by atoms with van der Waals surface area (Å²) in [5, 5.41) is 13.5. The van der Waals surface area contributed by atoms with E-state index in [4.69, 9.17) is 5.11 Å². The number of thioether (sulfide) groups is 1. The summed E-state index contributed by atoms with van der Waals surface area (Å²) in [6, 6.07) is 11.6. The molecule has 1 amide bonds. The van der Waals surface area contributed by atoms with E-state index in [0.717, 1.165) is 21.9 Å². The standard InChI is InChI=1S/C17H19NO3S2/c1-12(15-6-3-8-23-15)17(21)18-14-5-2-4-13(10-14)11-22-9-7-16(19)20/h2-6,8,10,12H,7,9,11H2,1H3,(H,18,21)(H,19,20). The third-order valence-corrected chi connectivity index (χ3v) is 5.37. The third kappa shape index (κ3) is 5.73. The van der Waals surface area contributed by atoms with Crippen LogP contribution in [0.25, 0.3) is 0 Å². The van der Waals surface area contributed by atoms with Crippen LogP contribution in [0.4, 0.5) is 5.69 Å². The first-order valence-electron chi connectivity index (χ1n) is 7.29. The molecule has 1 atom stereocenters. The first-order chi connectivity index (χ1) is 11.1. The Labute approximate surface area is 143 Å². The van der Waals surface area contributed by atoms with Crippen LogP contribution in [0.15, 0.2) is 41.8 Å². The summed E-state index contributed by atoms with van der Waals surface area (Å²) < 4.78 is 0. The number of amides is 1. The molecular weight excluding hydrogens is 330 g/mol. The van der Waals surface area contributed by atoms with Crippen molar-refractivity contribution in [2.24, 2.45) is 0 Å². The SMILES string of the molecule is CC(C(=O)Nc1cccc(CSCCC(=O)O)c1)c1cccs1. The van der Waals surface area contributed by atoms with Gasteiger partial charge in [-0.1, -0.05) is 18.2 Å². The van der Waals surface area contributed by atoms with Crippen molar-refractivity contribution in [3.8, 4) is 0 Å². The molecule has 0 saturated carbocycles. The van der Waals surface area contributed by atoms with Crippen LogP contribution in [0.2, 0.25) is 0 Å². The zero-order valence-electron chi connectivity index (χ0n) is 12.8. The van der Waals surface area contributed by atoms with Crippen molar-refractivity contribution in [2.75, 3.05) is 11.1 Å². The van der Waals surface area contributed by atoms with Gasteiger partial charge >= 0.3 is 5.97 Å². The number of rotatable bonds is 8. The van der Waals surface area contributed by atoms with Gasteiger partial charge in [-0.15, -0.1) is 11.3 Å². The number of carboxylic acid groups (broad SMARTS) is 1. The Balaban J connectivity index is 1.89. The highest BCUT2D eigenvalue weighted by Crippen LogP contribution is 2.23. The van der Waals surface area contributed by atoms with Gasteiger partial charge in [0.2, 0.25) is 5.91 Å². The maximum absolute atomic E-state index is 12.3. The summed E-state index contributed by atoms with van der Waals surface area (Å²) in [6.07, 6.45) is 0.166. The van der Waals surface area contributed by atoms with E-state index in [-0.39, 0.29) is 18.2 Å². The molecule has 4 nitrogen and oxygen atoms in total. The zero-order chi connectivity index (χ0) is 16.7. The van der Waals surface area contributed by atoms with Gasteiger partial charge in [0.1, 0.15) is 0 Å². The molecule has 0 radical (unpaired) electrons. The third-order valence-electron chi connectivity index (χ3n) is 3.29. The number of carboxylic acids is 1. The normalized spacial score (nSPS) is 11.9. The minimum atomic E-state index is -0.777. The summed E-state index contributed by atoms with van der Waals surface area (Å²) in [5.74, 6) is 0.339. The van der Waals surface area contributed by atoms with Crippen LogP contribution >= 0.6 is 23.1 Å². The summed E-state index contributed by atoms with van der Waals surface area (Å²) in [4.78, 5) is 23.8. The van der Waals surface area contributed by atoms with Crippen LogP contribution < -0.4 is 5.32 Å². The van der Waals surface area contributed by atoms with Crippen molar-refractivity contribution >= 4 is 40.7 Å². The quantitative estimate of drug-likeness (QED) is 0.701. The second-order valence-corrected chi connectivity index (χ2v) is 7.21. The number of hydrogen-bond donors (Lipinski definition) is 2. The zero-order valence-corrected chi connectivity index (χ0v) is 14.5. The lowest BCUT2D eigenvalue weighted by molar-refractivity contribution is -0.136. The minimum absolute atomic E-state index is 0.0249. The van der Waals surface area contributed by atoms with Crippen LogP contribution in [-0.2, 0) is 15.3 Å². The molecule has 0 aliphatic rings. The van der Waals surface area contributed by atoms with Gasteiger partial charge in [-0.25, -0.2) is 0 Å².